The molecule has 0 saturated heterocycles. The van der Waals surface area contributed by atoms with Crippen molar-refractivity contribution in [3.8, 4) is 0 Å². The van der Waals surface area contributed by atoms with Gasteiger partial charge in [0.05, 0.1) is 0 Å². The van der Waals surface area contributed by atoms with Crippen molar-refractivity contribution in [3.05, 3.63) is 30.3 Å². The van der Waals surface area contributed by atoms with Gasteiger partial charge in [0.2, 0.25) is 0 Å². The zero-order valence-electron chi connectivity index (χ0n) is 13.6. The molecular formula is C10H17AsN2O8S4. The predicted octanol–water partition coefficient (Wildman–Crippen LogP) is -2.18. The molecule has 0 aliphatic heterocycles. The van der Waals surface area contributed by atoms with Gasteiger partial charge < -0.3 is 0 Å². The molecule has 0 saturated carbocycles. The molecule has 0 aliphatic rings. The van der Waals surface area contributed by atoms with Crippen LogP contribution in [0.4, 0.5) is 0 Å². The van der Waals surface area contributed by atoms with Gasteiger partial charge in [0.15, 0.2) is 0 Å². The second-order valence-corrected chi connectivity index (χ2v) is 19.2. The van der Waals surface area contributed by atoms with Crippen LogP contribution in [0.15, 0.2) is 30.3 Å². The Morgan fingerprint density at radius 1 is 0.600 bits per heavy atom. The molecule has 1 aromatic rings. The van der Waals surface area contributed by atoms with Gasteiger partial charge in [-0.1, -0.05) is 0 Å². The summed E-state index contributed by atoms with van der Waals surface area (Å²) in [5.74, 6) is 0. The maximum atomic E-state index is 12.1. The number of rotatable bonds is 7. The average molecular weight is 496 g/mol. The molecule has 0 heterocycles. The molecule has 0 fully saturated rings. The molecule has 15 heteroatoms. The monoisotopic (exact) mass is 496 g/mol. The summed E-state index contributed by atoms with van der Waals surface area (Å²) in [7, 11) is -18.0. The number of hydrogen-bond donors (Lipinski definition) is 0. The second-order valence-electron chi connectivity index (χ2n) is 5.03. The van der Waals surface area contributed by atoms with Crippen LogP contribution in [0.1, 0.15) is 0 Å². The van der Waals surface area contributed by atoms with Gasteiger partial charge >= 0.3 is 154 Å². The van der Waals surface area contributed by atoms with Crippen LogP contribution < -0.4 is 4.35 Å². The Balaban J connectivity index is 4.02. The van der Waals surface area contributed by atoms with E-state index in [2.05, 4.69) is 0 Å². The first kappa shape index (κ1) is 22.5. The van der Waals surface area contributed by atoms with Gasteiger partial charge in [-0.2, -0.15) is 0 Å². The van der Waals surface area contributed by atoms with E-state index in [1.54, 1.807) is 0 Å². The van der Waals surface area contributed by atoms with Crippen molar-refractivity contribution in [2.45, 2.75) is 0 Å². The van der Waals surface area contributed by atoms with Crippen molar-refractivity contribution in [1.29, 1.82) is 0 Å². The van der Waals surface area contributed by atoms with Crippen LogP contribution in [0.2, 0.25) is 0 Å². The molecule has 0 bridgehead atoms. The Labute approximate surface area is 153 Å². The molecule has 0 aliphatic carbocycles. The minimum atomic E-state index is -4.50. The molecule has 1 aromatic carbocycles. The van der Waals surface area contributed by atoms with Crippen LogP contribution >= 0.6 is 0 Å². The molecule has 0 N–H and O–H groups in total. The fraction of sp³-hybridized carbons (Fsp3) is 0.400. The van der Waals surface area contributed by atoms with Crippen LogP contribution in [-0.4, -0.2) is 79.1 Å². The Morgan fingerprint density at radius 2 is 0.880 bits per heavy atom. The summed E-state index contributed by atoms with van der Waals surface area (Å²) in [6.07, 6.45) is 2.28. The van der Waals surface area contributed by atoms with E-state index >= 15 is 0 Å². The van der Waals surface area contributed by atoms with Crippen LogP contribution in [0.5, 0.6) is 0 Å². The molecule has 0 unspecified atom stereocenters. The van der Waals surface area contributed by atoms with Gasteiger partial charge in [0.1, 0.15) is 0 Å². The molecular weight excluding hydrogens is 479 g/mol. The van der Waals surface area contributed by atoms with Gasteiger partial charge in [-0.15, -0.1) is 0 Å². The van der Waals surface area contributed by atoms with Gasteiger partial charge in [-0.25, -0.2) is 0 Å². The van der Waals surface area contributed by atoms with Crippen molar-refractivity contribution in [3.63, 3.8) is 0 Å². The van der Waals surface area contributed by atoms with Gasteiger partial charge in [0.25, 0.3) is 0 Å². The van der Waals surface area contributed by atoms with Crippen molar-refractivity contribution in [1.82, 2.24) is 5.25 Å². The van der Waals surface area contributed by atoms with E-state index in [0.717, 1.165) is 0 Å². The summed E-state index contributed by atoms with van der Waals surface area (Å²) in [6.45, 7) is 0. The zero-order valence-corrected chi connectivity index (χ0v) is 18.8. The third-order valence-corrected chi connectivity index (χ3v) is 21.5. The Kier molecular flexibility index (Phi) is 6.54. The van der Waals surface area contributed by atoms with E-state index < -0.39 is 55.2 Å². The second kappa shape index (κ2) is 7.25. The van der Waals surface area contributed by atoms with E-state index in [9.17, 15) is 33.7 Å². The summed E-state index contributed by atoms with van der Waals surface area (Å²) in [6, 6.07) is 6.94. The number of benzene rings is 1. The third kappa shape index (κ3) is 5.74. The molecule has 0 amide bonds. The standard InChI is InChI=1S/C10H17AsN2O8S4/c1-22(14,15)12(23(2,16)17)11(10-8-6-5-7-9-10)13(24(3,18)19)25(4,20)21/h5-9H,1-4H3. The first-order valence-corrected chi connectivity index (χ1v) is 16.2. The fourth-order valence-electron chi connectivity index (χ4n) is 1.86. The number of nitrogens with zero attached hydrogens (tertiary/aromatic N) is 2. The van der Waals surface area contributed by atoms with Gasteiger partial charge in [0, 0.05) is 0 Å². The zero-order chi connectivity index (χ0) is 19.8. The normalized spacial score (nSPS) is 14.4. The van der Waals surface area contributed by atoms with Crippen LogP contribution in [0.3, 0.4) is 0 Å². The van der Waals surface area contributed by atoms with Crippen molar-refractivity contribution < 1.29 is 33.7 Å². The summed E-state index contributed by atoms with van der Waals surface area (Å²) >= 11 is -4.10. The summed E-state index contributed by atoms with van der Waals surface area (Å²) < 4.78 is 96.9. The third-order valence-electron chi connectivity index (χ3n) is 2.43. The van der Waals surface area contributed by atoms with Crippen molar-refractivity contribution >= 4 is 59.5 Å². The Morgan fingerprint density at radius 3 is 1.12 bits per heavy atom. The topological polar surface area (TPSA) is 143 Å². The summed E-state index contributed by atoms with van der Waals surface area (Å²) in [4.78, 5) is 0. The molecule has 144 valence electrons. The molecule has 0 aromatic heterocycles. The molecule has 10 nitrogen and oxygen atoms in total. The van der Waals surface area contributed by atoms with Crippen molar-refractivity contribution in [2.75, 3.05) is 25.0 Å². The fourth-order valence-corrected chi connectivity index (χ4v) is 20.4. The quantitative estimate of drug-likeness (QED) is 0.388. The predicted molar refractivity (Wildman–Crippen MR) is 94.9 cm³/mol. The maximum absolute atomic E-state index is 12.1. The van der Waals surface area contributed by atoms with E-state index in [1.165, 1.54) is 30.3 Å². The number of hydrogen-bond acceptors (Lipinski definition) is 8. The van der Waals surface area contributed by atoms with E-state index in [4.69, 9.17) is 0 Å². The Hall–Kier alpha value is -0.502. The van der Waals surface area contributed by atoms with E-state index in [-0.39, 0.29) is 9.61 Å². The van der Waals surface area contributed by atoms with Gasteiger partial charge in [-0.05, 0) is 0 Å². The summed E-state index contributed by atoms with van der Waals surface area (Å²) in [5.41, 5.74) is 0. The van der Waals surface area contributed by atoms with Crippen LogP contribution in [0.25, 0.3) is 0 Å². The molecule has 0 atom stereocenters. The molecule has 0 radical (unpaired) electrons. The average Bonchev–Trinajstić information content (AvgIpc) is 2.32. The molecule has 0 spiro atoms. The SMILES string of the molecule is CS(=O)(=O)N([As](c1ccccc1)N(S(C)(=O)=O)S(C)(=O)=O)S(C)(=O)=O. The Bertz CT molecular complexity index is 917. The molecule has 25 heavy (non-hydrogen) atoms. The first-order valence-electron chi connectivity index (χ1n) is 6.23. The minimum absolute atomic E-state index is 0.00440. The van der Waals surface area contributed by atoms with E-state index in [1.807, 2.05) is 0 Å². The molecule has 1 rings (SSSR count). The van der Waals surface area contributed by atoms with Crippen molar-refractivity contribution in [2.24, 2.45) is 0 Å². The number of sulfonamides is 4. The summed E-state index contributed by atoms with van der Waals surface area (Å²) in [5, 5.41) is 0. The van der Waals surface area contributed by atoms with Crippen LogP contribution in [0, 0.1) is 0 Å². The van der Waals surface area contributed by atoms with Gasteiger partial charge in [-0.3, -0.25) is 0 Å². The van der Waals surface area contributed by atoms with E-state index in [0.29, 0.717) is 25.0 Å². The first-order chi connectivity index (χ1) is 11.0. The van der Waals surface area contributed by atoms with Crippen LogP contribution in [-0.2, 0) is 40.1 Å².